The van der Waals surface area contributed by atoms with Crippen LogP contribution in [-0.2, 0) is 0 Å². The van der Waals surface area contributed by atoms with Crippen LogP contribution in [0.25, 0.3) is 0 Å². The molecule has 0 amide bonds. The van der Waals surface area contributed by atoms with Crippen molar-refractivity contribution >= 4 is 0 Å². The van der Waals surface area contributed by atoms with Crippen LogP contribution in [0, 0.1) is 5.92 Å². The van der Waals surface area contributed by atoms with E-state index in [0.717, 1.165) is 5.57 Å². The molecule has 0 radical (unpaired) electrons. The number of hydrogen-bond acceptors (Lipinski definition) is 0. The third-order valence-electron chi connectivity index (χ3n) is 1.44. The van der Waals surface area contributed by atoms with Crippen LogP contribution in [0.1, 0.15) is 27.7 Å². The second kappa shape index (κ2) is 4.95. The third kappa shape index (κ3) is 4.60. The first-order valence-electron chi connectivity index (χ1n) is 4.07. The van der Waals surface area contributed by atoms with Crippen molar-refractivity contribution < 1.29 is 0 Å². The van der Waals surface area contributed by atoms with Gasteiger partial charge in [0.05, 0.1) is 0 Å². The Hall–Kier alpha value is -0.780. The lowest BCUT2D eigenvalue weighted by Gasteiger charge is -2.05. The normalized spacial score (nSPS) is 13.0. The molecule has 0 heteroatoms. The Morgan fingerprint density at radius 2 is 1.91 bits per heavy atom. The Labute approximate surface area is 70.3 Å². The fourth-order valence-corrected chi connectivity index (χ4v) is 0.884. The molecule has 0 aliphatic heterocycles. The highest BCUT2D eigenvalue weighted by Gasteiger charge is 1.96. The monoisotopic (exact) mass is 150 g/mol. The minimum atomic E-state index is 0.586. The molecule has 0 fully saturated rings. The van der Waals surface area contributed by atoms with Crippen molar-refractivity contribution in [2.24, 2.45) is 5.92 Å². The van der Waals surface area contributed by atoms with Crippen LogP contribution >= 0.6 is 0 Å². The van der Waals surface area contributed by atoms with Crippen molar-refractivity contribution in [1.29, 1.82) is 0 Å². The lowest BCUT2D eigenvalue weighted by Crippen LogP contribution is -1.90. The van der Waals surface area contributed by atoms with E-state index in [0.29, 0.717) is 5.92 Å². The summed E-state index contributed by atoms with van der Waals surface area (Å²) in [7, 11) is 0. The van der Waals surface area contributed by atoms with Crippen molar-refractivity contribution in [3.63, 3.8) is 0 Å². The Balaban J connectivity index is 4.46. The van der Waals surface area contributed by atoms with E-state index >= 15 is 0 Å². The van der Waals surface area contributed by atoms with E-state index < -0.39 is 0 Å². The smallest absolute Gasteiger partial charge is 0.0219 e. The predicted molar refractivity (Wildman–Crippen MR) is 52.5 cm³/mol. The van der Waals surface area contributed by atoms with Gasteiger partial charge in [0.15, 0.2) is 0 Å². The van der Waals surface area contributed by atoms with E-state index in [9.17, 15) is 0 Å². The molecule has 0 saturated heterocycles. The quantitative estimate of drug-likeness (QED) is 0.538. The summed E-state index contributed by atoms with van der Waals surface area (Å²) in [6.45, 7) is 12.3. The zero-order valence-corrected chi connectivity index (χ0v) is 8.02. The average molecular weight is 150 g/mol. The minimum absolute atomic E-state index is 0.586. The maximum Gasteiger partial charge on any atom is -0.0219 e. The summed E-state index contributed by atoms with van der Waals surface area (Å²) in [5, 5.41) is 0. The molecule has 0 unspecified atom stereocenters. The van der Waals surface area contributed by atoms with Gasteiger partial charge in [0, 0.05) is 0 Å². The lowest BCUT2D eigenvalue weighted by molar-refractivity contribution is 0.790. The average Bonchev–Trinajstić information content (AvgIpc) is 1.86. The minimum Gasteiger partial charge on any atom is -0.0961 e. The van der Waals surface area contributed by atoms with E-state index in [-0.39, 0.29) is 0 Å². The predicted octanol–water partition coefficient (Wildman–Crippen LogP) is 3.72. The SMILES string of the molecule is C=C(C)C=C(C=CC)C(C)C. The van der Waals surface area contributed by atoms with E-state index in [1.165, 1.54) is 5.57 Å². The summed E-state index contributed by atoms with van der Waals surface area (Å²) in [6, 6.07) is 0. The molecule has 0 N–H and O–H groups in total. The first kappa shape index (κ1) is 10.2. The first-order valence-corrected chi connectivity index (χ1v) is 4.07. The van der Waals surface area contributed by atoms with Gasteiger partial charge in [-0.15, -0.1) is 0 Å². The van der Waals surface area contributed by atoms with Crippen molar-refractivity contribution in [2.45, 2.75) is 27.7 Å². The maximum absolute atomic E-state index is 3.85. The van der Waals surface area contributed by atoms with Gasteiger partial charge in [-0.2, -0.15) is 0 Å². The largest absolute Gasteiger partial charge is 0.0961 e. The topological polar surface area (TPSA) is 0 Å². The van der Waals surface area contributed by atoms with Gasteiger partial charge in [-0.25, -0.2) is 0 Å². The van der Waals surface area contributed by atoms with E-state index in [1.54, 1.807) is 0 Å². The highest BCUT2D eigenvalue weighted by molar-refractivity contribution is 5.28. The van der Waals surface area contributed by atoms with Gasteiger partial charge in [-0.1, -0.05) is 44.2 Å². The first-order chi connectivity index (χ1) is 5.07. The van der Waals surface area contributed by atoms with Crippen LogP contribution in [0.2, 0.25) is 0 Å². The summed E-state index contributed by atoms with van der Waals surface area (Å²) in [5.74, 6) is 0.586. The Kier molecular flexibility index (Phi) is 4.60. The molecule has 0 atom stereocenters. The molecule has 0 aliphatic carbocycles. The molecule has 0 rings (SSSR count). The van der Waals surface area contributed by atoms with Crippen molar-refractivity contribution in [2.75, 3.05) is 0 Å². The summed E-state index contributed by atoms with van der Waals surface area (Å²) in [5.41, 5.74) is 2.46. The maximum atomic E-state index is 3.85. The molecule has 62 valence electrons. The molecule has 0 aromatic carbocycles. The fourth-order valence-electron chi connectivity index (χ4n) is 0.884. The molecule has 0 bridgehead atoms. The molecule has 0 heterocycles. The van der Waals surface area contributed by atoms with Crippen LogP contribution < -0.4 is 0 Å². The second-order valence-corrected chi connectivity index (χ2v) is 3.15. The summed E-state index contributed by atoms with van der Waals surface area (Å²) in [6.07, 6.45) is 6.33. The molecule has 0 spiro atoms. The molecule has 0 aromatic heterocycles. The van der Waals surface area contributed by atoms with Gasteiger partial charge < -0.3 is 0 Å². The van der Waals surface area contributed by atoms with Gasteiger partial charge in [0.2, 0.25) is 0 Å². The molecule has 0 aliphatic rings. The summed E-state index contributed by atoms with van der Waals surface area (Å²) in [4.78, 5) is 0. The molecule has 0 nitrogen and oxygen atoms in total. The number of hydrogen-bond donors (Lipinski definition) is 0. The Morgan fingerprint density at radius 1 is 1.36 bits per heavy atom. The highest BCUT2D eigenvalue weighted by atomic mass is 14.0. The van der Waals surface area contributed by atoms with E-state index in [1.807, 2.05) is 13.8 Å². The summed E-state index contributed by atoms with van der Waals surface area (Å²) < 4.78 is 0. The lowest BCUT2D eigenvalue weighted by atomic mass is 10.0. The van der Waals surface area contributed by atoms with Crippen LogP contribution in [0.4, 0.5) is 0 Å². The fraction of sp³-hybridized carbons (Fsp3) is 0.455. The van der Waals surface area contributed by atoms with Crippen LogP contribution in [-0.4, -0.2) is 0 Å². The standard InChI is InChI=1S/C11H18/c1-6-7-11(10(4)5)8-9(2)3/h6-8,10H,2H2,1,3-5H3. The van der Waals surface area contributed by atoms with Gasteiger partial charge in [0.1, 0.15) is 0 Å². The summed E-state index contributed by atoms with van der Waals surface area (Å²) >= 11 is 0. The van der Waals surface area contributed by atoms with E-state index in [4.69, 9.17) is 0 Å². The zero-order valence-electron chi connectivity index (χ0n) is 8.02. The van der Waals surface area contributed by atoms with Gasteiger partial charge in [-0.3, -0.25) is 0 Å². The molecule has 11 heavy (non-hydrogen) atoms. The number of allylic oxidation sites excluding steroid dienone is 5. The second-order valence-electron chi connectivity index (χ2n) is 3.15. The number of rotatable bonds is 3. The van der Waals surface area contributed by atoms with Crippen LogP contribution in [0.3, 0.4) is 0 Å². The van der Waals surface area contributed by atoms with Crippen molar-refractivity contribution in [3.8, 4) is 0 Å². The molecular formula is C11H18. The molecular weight excluding hydrogens is 132 g/mol. The van der Waals surface area contributed by atoms with Crippen molar-refractivity contribution in [1.82, 2.24) is 0 Å². The zero-order chi connectivity index (χ0) is 8.85. The molecule has 0 saturated carbocycles. The van der Waals surface area contributed by atoms with Crippen LogP contribution in [0.5, 0.6) is 0 Å². The van der Waals surface area contributed by atoms with E-state index in [2.05, 4.69) is 38.7 Å². The van der Waals surface area contributed by atoms with Crippen LogP contribution in [0.15, 0.2) is 36.0 Å². The highest BCUT2D eigenvalue weighted by Crippen LogP contribution is 2.12. The van der Waals surface area contributed by atoms with Gasteiger partial charge >= 0.3 is 0 Å². The molecule has 0 aromatic rings. The third-order valence-corrected chi connectivity index (χ3v) is 1.44. The Bertz CT molecular complexity index is 180. The van der Waals surface area contributed by atoms with Crippen molar-refractivity contribution in [3.05, 3.63) is 36.0 Å². The van der Waals surface area contributed by atoms with Gasteiger partial charge in [-0.05, 0) is 25.3 Å². The Morgan fingerprint density at radius 3 is 2.18 bits per heavy atom. The van der Waals surface area contributed by atoms with Gasteiger partial charge in [0.25, 0.3) is 0 Å².